The molecule has 1 aromatic carbocycles. The maximum atomic E-state index is 13.0. The molecule has 0 spiro atoms. The summed E-state index contributed by atoms with van der Waals surface area (Å²) in [6, 6.07) is 4.39. The van der Waals surface area contributed by atoms with Crippen LogP contribution >= 0.6 is 11.6 Å². The Morgan fingerprint density at radius 1 is 1.31 bits per heavy atom. The number of ether oxygens (including phenoxy) is 2. The van der Waals surface area contributed by atoms with Crippen LogP contribution in [0.3, 0.4) is 0 Å². The van der Waals surface area contributed by atoms with Crippen molar-refractivity contribution in [1.82, 2.24) is 5.32 Å². The molecule has 0 aromatic heterocycles. The van der Waals surface area contributed by atoms with Crippen LogP contribution in [-0.2, 0) is 4.74 Å². The molecule has 0 bridgehead atoms. The van der Waals surface area contributed by atoms with Crippen molar-refractivity contribution in [2.45, 2.75) is 0 Å². The van der Waals surface area contributed by atoms with Crippen LogP contribution < -0.4 is 10.1 Å². The van der Waals surface area contributed by atoms with Gasteiger partial charge in [-0.05, 0) is 12.1 Å². The third-order valence-corrected chi connectivity index (χ3v) is 2.23. The lowest BCUT2D eigenvalue weighted by molar-refractivity contribution is 0.196. The van der Waals surface area contributed by atoms with Crippen LogP contribution in [0, 0.1) is 5.82 Å². The largest absolute Gasteiger partial charge is 0.492 e. The molecule has 1 rings (SSSR count). The van der Waals surface area contributed by atoms with Crippen molar-refractivity contribution < 1.29 is 13.9 Å². The molecule has 0 saturated carbocycles. The number of methoxy groups -OCH3 is 1. The van der Waals surface area contributed by atoms with Gasteiger partial charge in [-0.1, -0.05) is 11.6 Å². The second-order valence-electron chi connectivity index (χ2n) is 3.17. The summed E-state index contributed by atoms with van der Waals surface area (Å²) in [5.74, 6) is 0.0157. The van der Waals surface area contributed by atoms with E-state index in [1.54, 1.807) is 13.2 Å². The lowest BCUT2D eigenvalue weighted by atomic mass is 10.3. The third-order valence-electron chi connectivity index (χ3n) is 1.92. The van der Waals surface area contributed by atoms with Gasteiger partial charge in [0.15, 0.2) is 0 Å². The predicted molar refractivity (Wildman–Crippen MR) is 61.7 cm³/mol. The van der Waals surface area contributed by atoms with Crippen LogP contribution in [0.1, 0.15) is 0 Å². The summed E-state index contributed by atoms with van der Waals surface area (Å²) in [5, 5.41) is 3.22. The number of benzene rings is 1. The van der Waals surface area contributed by atoms with Crippen LogP contribution in [-0.4, -0.2) is 33.4 Å². The van der Waals surface area contributed by atoms with E-state index in [1.165, 1.54) is 12.1 Å². The van der Waals surface area contributed by atoms with Gasteiger partial charge in [0.1, 0.15) is 18.2 Å². The number of hydrogen-bond acceptors (Lipinski definition) is 3. The van der Waals surface area contributed by atoms with E-state index in [1.807, 2.05) is 0 Å². The first-order valence-corrected chi connectivity index (χ1v) is 5.39. The Bertz CT molecular complexity index is 323. The first kappa shape index (κ1) is 13.2. The summed E-state index contributed by atoms with van der Waals surface area (Å²) < 4.78 is 23.2. The SMILES string of the molecule is COCCNCCOc1ccc(Cl)c(F)c1. The maximum absolute atomic E-state index is 13.0. The molecule has 0 saturated heterocycles. The van der Waals surface area contributed by atoms with Crippen molar-refractivity contribution in [2.75, 3.05) is 33.4 Å². The summed E-state index contributed by atoms with van der Waals surface area (Å²) in [4.78, 5) is 0. The summed E-state index contributed by atoms with van der Waals surface area (Å²) in [6.07, 6.45) is 0. The van der Waals surface area contributed by atoms with Gasteiger partial charge < -0.3 is 14.8 Å². The average molecular weight is 248 g/mol. The van der Waals surface area contributed by atoms with E-state index in [4.69, 9.17) is 21.1 Å². The van der Waals surface area contributed by atoms with Crippen molar-refractivity contribution >= 4 is 11.6 Å². The Hall–Kier alpha value is -0.840. The fourth-order valence-corrected chi connectivity index (χ4v) is 1.22. The van der Waals surface area contributed by atoms with Gasteiger partial charge in [0.25, 0.3) is 0 Å². The Morgan fingerprint density at radius 2 is 2.06 bits per heavy atom. The number of hydrogen-bond donors (Lipinski definition) is 1. The van der Waals surface area contributed by atoms with Gasteiger partial charge >= 0.3 is 0 Å². The van der Waals surface area contributed by atoms with Gasteiger partial charge in [-0.2, -0.15) is 0 Å². The Morgan fingerprint density at radius 3 is 2.75 bits per heavy atom. The molecule has 0 aliphatic carbocycles. The van der Waals surface area contributed by atoms with E-state index >= 15 is 0 Å². The van der Waals surface area contributed by atoms with Crippen LogP contribution in [0.15, 0.2) is 18.2 Å². The van der Waals surface area contributed by atoms with Crippen LogP contribution in [0.5, 0.6) is 5.75 Å². The highest BCUT2D eigenvalue weighted by molar-refractivity contribution is 6.30. The molecule has 0 unspecified atom stereocenters. The Kier molecular flexibility index (Phi) is 6.15. The predicted octanol–water partition coefficient (Wildman–Crippen LogP) is 2.09. The van der Waals surface area contributed by atoms with Crippen LogP contribution in [0.25, 0.3) is 0 Å². The normalized spacial score (nSPS) is 10.4. The molecule has 1 N–H and O–H groups in total. The van der Waals surface area contributed by atoms with Crippen molar-refractivity contribution in [3.05, 3.63) is 29.0 Å². The van der Waals surface area contributed by atoms with E-state index in [9.17, 15) is 4.39 Å². The second kappa shape index (κ2) is 7.44. The lowest BCUT2D eigenvalue weighted by Crippen LogP contribution is -2.24. The summed E-state index contributed by atoms with van der Waals surface area (Å²) >= 11 is 5.54. The van der Waals surface area contributed by atoms with Crippen molar-refractivity contribution in [3.8, 4) is 5.75 Å². The number of nitrogens with one attached hydrogen (secondary N) is 1. The minimum Gasteiger partial charge on any atom is -0.492 e. The van der Waals surface area contributed by atoms with Crippen molar-refractivity contribution in [3.63, 3.8) is 0 Å². The minimum absolute atomic E-state index is 0.102. The van der Waals surface area contributed by atoms with Crippen LogP contribution in [0.4, 0.5) is 4.39 Å². The summed E-state index contributed by atoms with van der Waals surface area (Å²) in [6.45, 7) is 2.60. The average Bonchev–Trinajstić information content (AvgIpc) is 2.28. The van der Waals surface area contributed by atoms with Gasteiger partial charge in [-0.15, -0.1) is 0 Å². The molecule has 0 amide bonds. The standard InChI is InChI=1S/C11H15ClFNO2/c1-15-6-4-14-5-7-16-9-2-3-10(12)11(13)8-9/h2-3,8,14H,4-7H2,1H3. The molecule has 0 radical (unpaired) electrons. The zero-order valence-electron chi connectivity index (χ0n) is 9.13. The van der Waals surface area contributed by atoms with E-state index in [-0.39, 0.29) is 5.02 Å². The molecule has 3 nitrogen and oxygen atoms in total. The van der Waals surface area contributed by atoms with Crippen molar-refractivity contribution in [2.24, 2.45) is 0 Å². The highest BCUT2D eigenvalue weighted by Gasteiger charge is 2.01. The quantitative estimate of drug-likeness (QED) is 0.749. The molecule has 16 heavy (non-hydrogen) atoms. The van der Waals surface area contributed by atoms with E-state index in [2.05, 4.69) is 5.32 Å². The Labute approximate surface area is 99.5 Å². The fourth-order valence-electron chi connectivity index (χ4n) is 1.11. The van der Waals surface area contributed by atoms with Gasteiger partial charge in [-0.25, -0.2) is 4.39 Å². The monoisotopic (exact) mass is 247 g/mol. The minimum atomic E-state index is -0.466. The molecule has 0 aliphatic rings. The fraction of sp³-hybridized carbons (Fsp3) is 0.455. The zero-order chi connectivity index (χ0) is 11.8. The number of halogens is 2. The first-order chi connectivity index (χ1) is 7.74. The molecule has 1 aromatic rings. The van der Waals surface area contributed by atoms with Crippen molar-refractivity contribution in [1.29, 1.82) is 0 Å². The molecule has 0 heterocycles. The number of rotatable bonds is 7. The highest BCUT2D eigenvalue weighted by atomic mass is 35.5. The van der Waals surface area contributed by atoms with Crippen LogP contribution in [0.2, 0.25) is 5.02 Å². The third kappa shape index (κ3) is 4.79. The van der Waals surface area contributed by atoms with E-state index < -0.39 is 5.82 Å². The molecular formula is C11H15ClFNO2. The molecular weight excluding hydrogens is 233 g/mol. The maximum Gasteiger partial charge on any atom is 0.145 e. The van der Waals surface area contributed by atoms with Gasteiger partial charge in [-0.3, -0.25) is 0 Å². The first-order valence-electron chi connectivity index (χ1n) is 5.01. The molecule has 5 heteroatoms. The topological polar surface area (TPSA) is 30.5 Å². The highest BCUT2D eigenvalue weighted by Crippen LogP contribution is 2.19. The zero-order valence-corrected chi connectivity index (χ0v) is 9.89. The van der Waals surface area contributed by atoms with E-state index in [0.29, 0.717) is 25.5 Å². The summed E-state index contributed by atoms with van der Waals surface area (Å²) in [5.41, 5.74) is 0. The Balaban J connectivity index is 2.19. The van der Waals surface area contributed by atoms with Gasteiger partial charge in [0.05, 0.1) is 11.6 Å². The molecule has 0 fully saturated rings. The molecule has 0 atom stereocenters. The van der Waals surface area contributed by atoms with E-state index in [0.717, 1.165) is 6.54 Å². The smallest absolute Gasteiger partial charge is 0.145 e. The molecule has 90 valence electrons. The second-order valence-corrected chi connectivity index (χ2v) is 3.57. The van der Waals surface area contributed by atoms with Gasteiger partial charge in [0, 0.05) is 26.3 Å². The lowest BCUT2D eigenvalue weighted by Gasteiger charge is -2.07. The summed E-state index contributed by atoms with van der Waals surface area (Å²) in [7, 11) is 1.65. The van der Waals surface area contributed by atoms with Gasteiger partial charge in [0.2, 0.25) is 0 Å². The molecule has 0 aliphatic heterocycles.